The van der Waals surface area contributed by atoms with E-state index in [4.69, 9.17) is 9.47 Å². The molecule has 116 valence electrons. The normalized spacial score (nSPS) is 19.2. The Kier molecular flexibility index (Phi) is 5.56. The smallest absolute Gasteiger partial charge is 0.260 e. The predicted octanol–water partition coefficient (Wildman–Crippen LogP) is 2.27. The summed E-state index contributed by atoms with van der Waals surface area (Å²) >= 11 is 0. The van der Waals surface area contributed by atoms with Crippen LogP contribution in [0.25, 0.3) is 0 Å². The molecule has 0 radical (unpaired) electrons. The molecule has 1 saturated heterocycles. The molecule has 1 heterocycles. The number of carbonyl (C=O) groups excluding carboxylic acids is 1. The number of nitrogens with zero attached hydrogens (tertiary/aromatic N) is 1. The largest absolute Gasteiger partial charge is 0.484 e. The van der Waals surface area contributed by atoms with Crippen molar-refractivity contribution in [3.63, 3.8) is 0 Å². The fraction of sp³-hybridized carbons (Fsp3) is 0.562. The summed E-state index contributed by atoms with van der Waals surface area (Å²) in [7, 11) is 0. The topological polar surface area (TPSA) is 38.8 Å². The SMILES string of the molecule is Cc1ccc(OCC(=O)N2CCCOC(CF)C2)cc1C. The van der Waals surface area contributed by atoms with Crippen molar-refractivity contribution in [1.29, 1.82) is 0 Å². The van der Waals surface area contributed by atoms with Crippen LogP contribution in [-0.2, 0) is 9.53 Å². The van der Waals surface area contributed by atoms with E-state index in [0.717, 1.165) is 12.0 Å². The number of amides is 1. The van der Waals surface area contributed by atoms with Gasteiger partial charge in [-0.05, 0) is 43.5 Å². The van der Waals surface area contributed by atoms with E-state index in [2.05, 4.69) is 0 Å². The zero-order valence-electron chi connectivity index (χ0n) is 12.6. The third kappa shape index (κ3) is 4.43. The Morgan fingerprint density at radius 1 is 1.43 bits per heavy atom. The third-order valence-electron chi connectivity index (χ3n) is 3.72. The Hall–Kier alpha value is -1.62. The van der Waals surface area contributed by atoms with E-state index >= 15 is 0 Å². The summed E-state index contributed by atoms with van der Waals surface area (Å²) in [5, 5.41) is 0. The Morgan fingerprint density at radius 2 is 2.24 bits per heavy atom. The van der Waals surface area contributed by atoms with Gasteiger partial charge in [0.1, 0.15) is 18.5 Å². The molecule has 5 heteroatoms. The van der Waals surface area contributed by atoms with E-state index in [1.807, 2.05) is 32.0 Å². The number of aryl methyl sites for hydroxylation is 2. The quantitative estimate of drug-likeness (QED) is 0.855. The highest BCUT2D eigenvalue weighted by molar-refractivity contribution is 5.77. The minimum Gasteiger partial charge on any atom is -0.484 e. The number of halogens is 1. The molecule has 1 amide bonds. The second-order valence-corrected chi connectivity index (χ2v) is 5.38. The average molecular weight is 295 g/mol. The second kappa shape index (κ2) is 7.41. The molecule has 4 nitrogen and oxygen atoms in total. The van der Waals surface area contributed by atoms with Gasteiger partial charge in [-0.1, -0.05) is 6.07 Å². The van der Waals surface area contributed by atoms with E-state index in [9.17, 15) is 9.18 Å². The maximum absolute atomic E-state index is 12.7. The van der Waals surface area contributed by atoms with Crippen LogP contribution in [0.15, 0.2) is 18.2 Å². The van der Waals surface area contributed by atoms with Crippen LogP contribution in [0.5, 0.6) is 5.75 Å². The minimum atomic E-state index is -0.568. The first-order valence-corrected chi connectivity index (χ1v) is 7.25. The molecule has 1 aliphatic heterocycles. The van der Waals surface area contributed by atoms with Gasteiger partial charge >= 0.3 is 0 Å². The molecule has 0 bridgehead atoms. The van der Waals surface area contributed by atoms with E-state index in [1.54, 1.807) is 4.90 Å². The first kappa shape index (κ1) is 15.8. The van der Waals surface area contributed by atoms with Crippen molar-refractivity contribution in [2.24, 2.45) is 0 Å². The highest BCUT2D eigenvalue weighted by atomic mass is 19.1. The van der Waals surface area contributed by atoms with Gasteiger partial charge in [-0.15, -0.1) is 0 Å². The fourth-order valence-electron chi connectivity index (χ4n) is 2.26. The minimum absolute atomic E-state index is 0.0263. The molecular formula is C16H22FNO3. The summed E-state index contributed by atoms with van der Waals surface area (Å²) in [4.78, 5) is 13.8. The fourth-order valence-corrected chi connectivity index (χ4v) is 2.26. The summed E-state index contributed by atoms with van der Waals surface area (Å²) in [6, 6.07) is 5.73. The molecule has 1 fully saturated rings. The summed E-state index contributed by atoms with van der Waals surface area (Å²) < 4.78 is 23.6. The predicted molar refractivity (Wildman–Crippen MR) is 78.3 cm³/mol. The molecule has 0 N–H and O–H groups in total. The van der Waals surface area contributed by atoms with E-state index < -0.39 is 12.8 Å². The molecule has 1 aromatic carbocycles. The van der Waals surface area contributed by atoms with Gasteiger partial charge in [-0.2, -0.15) is 0 Å². The van der Waals surface area contributed by atoms with Gasteiger partial charge in [-0.25, -0.2) is 4.39 Å². The molecule has 1 unspecified atom stereocenters. The number of ether oxygens (including phenoxy) is 2. The monoisotopic (exact) mass is 295 g/mol. The maximum Gasteiger partial charge on any atom is 0.260 e. The molecule has 2 rings (SSSR count). The lowest BCUT2D eigenvalue weighted by Gasteiger charge is -2.22. The average Bonchev–Trinajstić information content (AvgIpc) is 2.73. The van der Waals surface area contributed by atoms with E-state index in [1.165, 1.54) is 5.56 Å². The first-order valence-electron chi connectivity index (χ1n) is 7.25. The summed E-state index contributed by atoms with van der Waals surface area (Å²) in [6.07, 6.45) is 0.212. The van der Waals surface area contributed by atoms with Crippen LogP contribution in [0.3, 0.4) is 0 Å². The molecule has 0 aliphatic carbocycles. The molecule has 1 aliphatic rings. The molecule has 21 heavy (non-hydrogen) atoms. The number of carbonyl (C=O) groups is 1. The lowest BCUT2D eigenvalue weighted by molar-refractivity contribution is -0.134. The van der Waals surface area contributed by atoms with Crippen LogP contribution < -0.4 is 4.74 Å². The number of hydrogen-bond acceptors (Lipinski definition) is 3. The van der Waals surface area contributed by atoms with Crippen LogP contribution in [0.2, 0.25) is 0 Å². The van der Waals surface area contributed by atoms with Crippen molar-refractivity contribution in [2.75, 3.05) is 33.0 Å². The Balaban J connectivity index is 1.89. The van der Waals surface area contributed by atoms with Gasteiger partial charge in [0.2, 0.25) is 0 Å². The standard InChI is InChI=1S/C16H22FNO3/c1-12-4-5-14(8-13(12)2)21-11-16(19)18-6-3-7-20-15(9-17)10-18/h4-5,8,15H,3,6-7,9-11H2,1-2H3. The van der Waals surface area contributed by atoms with Crippen LogP contribution >= 0.6 is 0 Å². The Morgan fingerprint density at radius 3 is 2.95 bits per heavy atom. The molecule has 0 spiro atoms. The summed E-state index contributed by atoms with van der Waals surface area (Å²) in [5.41, 5.74) is 2.31. The van der Waals surface area contributed by atoms with Crippen LogP contribution in [0.4, 0.5) is 4.39 Å². The maximum atomic E-state index is 12.7. The van der Waals surface area contributed by atoms with Gasteiger partial charge in [0.25, 0.3) is 5.91 Å². The van der Waals surface area contributed by atoms with Crippen molar-refractivity contribution in [3.8, 4) is 5.75 Å². The lowest BCUT2D eigenvalue weighted by atomic mass is 10.1. The van der Waals surface area contributed by atoms with Crippen molar-refractivity contribution in [3.05, 3.63) is 29.3 Å². The summed E-state index contributed by atoms with van der Waals surface area (Å²) in [6.45, 7) is 4.82. The molecular weight excluding hydrogens is 273 g/mol. The number of hydrogen-bond donors (Lipinski definition) is 0. The molecule has 1 aromatic rings. The van der Waals surface area contributed by atoms with Gasteiger partial charge in [0.05, 0.1) is 0 Å². The van der Waals surface area contributed by atoms with Crippen molar-refractivity contribution in [2.45, 2.75) is 26.4 Å². The lowest BCUT2D eigenvalue weighted by Crippen LogP contribution is -2.40. The van der Waals surface area contributed by atoms with E-state index in [0.29, 0.717) is 25.4 Å². The van der Waals surface area contributed by atoms with Crippen molar-refractivity contribution in [1.82, 2.24) is 4.90 Å². The second-order valence-electron chi connectivity index (χ2n) is 5.38. The Bertz CT molecular complexity index is 492. The van der Waals surface area contributed by atoms with Crippen LogP contribution in [0, 0.1) is 13.8 Å². The molecule has 1 atom stereocenters. The number of rotatable bonds is 4. The zero-order valence-corrected chi connectivity index (χ0v) is 12.6. The van der Waals surface area contributed by atoms with Gasteiger partial charge in [0.15, 0.2) is 6.61 Å². The molecule has 0 saturated carbocycles. The number of alkyl halides is 1. The Labute approximate surface area is 124 Å². The van der Waals surface area contributed by atoms with Crippen molar-refractivity contribution < 1.29 is 18.7 Å². The van der Waals surface area contributed by atoms with Gasteiger partial charge < -0.3 is 14.4 Å². The number of benzene rings is 1. The van der Waals surface area contributed by atoms with Crippen LogP contribution in [-0.4, -0.2) is 49.9 Å². The highest BCUT2D eigenvalue weighted by Gasteiger charge is 2.22. The van der Waals surface area contributed by atoms with Gasteiger partial charge in [0, 0.05) is 19.7 Å². The van der Waals surface area contributed by atoms with Crippen molar-refractivity contribution >= 4 is 5.91 Å². The zero-order chi connectivity index (χ0) is 15.2. The van der Waals surface area contributed by atoms with Gasteiger partial charge in [-0.3, -0.25) is 4.79 Å². The highest BCUT2D eigenvalue weighted by Crippen LogP contribution is 2.16. The first-order chi connectivity index (χ1) is 10.1. The van der Waals surface area contributed by atoms with E-state index in [-0.39, 0.29) is 12.5 Å². The van der Waals surface area contributed by atoms with Crippen LogP contribution in [0.1, 0.15) is 17.5 Å². The third-order valence-corrected chi connectivity index (χ3v) is 3.72. The molecule has 0 aromatic heterocycles. The summed E-state index contributed by atoms with van der Waals surface area (Å²) in [5.74, 6) is 0.553.